The van der Waals surface area contributed by atoms with E-state index in [0.29, 0.717) is 23.4 Å². The molecule has 0 bridgehead atoms. The van der Waals surface area contributed by atoms with Gasteiger partial charge in [0.15, 0.2) is 6.29 Å². The van der Waals surface area contributed by atoms with E-state index in [-0.39, 0.29) is 0 Å². The first kappa shape index (κ1) is 8.99. The van der Waals surface area contributed by atoms with E-state index in [1.807, 2.05) is 0 Å². The Labute approximate surface area is 82.3 Å². The van der Waals surface area contributed by atoms with Crippen molar-refractivity contribution < 1.29 is 9.53 Å². The van der Waals surface area contributed by atoms with Gasteiger partial charge in [0.05, 0.1) is 6.10 Å². The number of carbonyl (C=O) groups is 1. The third-order valence-corrected chi connectivity index (χ3v) is 2.02. The third kappa shape index (κ3) is 2.02. The molecule has 1 saturated carbocycles. The Morgan fingerprint density at radius 1 is 1.57 bits per heavy atom. The number of nitrogens with zero attached hydrogens (tertiary/aromatic N) is 1. The first-order valence-corrected chi connectivity index (χ1v) is 4.63. The number of pyridine rings is 1. The lowest BCUT2D eigenvalue weighted by molar-refractivity contribution is 0.111. The van der Waals surface area contributed by atoms with Crippen LogP contribution in [0.1, 0.15) is 23.3 Å². The second-order valence-electron chi connectivity index (χ2n) is 3.30. The zero-order valence-electron chi connectivity index (χ0n) is 7.99. The number of aldehydes is 1. The van der Waals surface area contributed by atoms with Crippen molar-refractivity contribution in [2.45, 2.75) is 18.9 Å². The molecule has 1 aliphatic rings. The highest BCUT2D eigenvalue weighted by molar-refractivity contribution is 5.73. The Bertz CT molecular complexity index is 348. The van der Waals surface area contributed by atoms with E-state index in [9.17, 15) is 4.79 Å². The molecule has 0 amide bonds. The lowest BCUT2D eigenvalue weighted by atomic mass is 10.3. The van der Waals surface area contributed by atoms with Crippen molar-refractivity contribution in [1.82, 2.24) is 4.98 Å². The predicted molar refractivity (Wildman–Crippen MR) is 52.8 cm³/mol. The molecule has 14 heavy (non-hydrogen) atoms. The van der Waals surface area contributed by atoms with Crippen molar-refractivity contribution in [3.8, 4) is 5.75 Å². The molecular weight excluding hydrogens is 180 g/mol. The molecule has 0 spiro atoms. The van der Waals surface area contributed by atoms with Crippen molar-refractivity contribution >= 4 is 12.1 Å². The van der Waals surface area contributed by atoms with Gasteiger partial charge in [-0.3, -0.25) is 4.79 Å². The molecule has 0 radical (unpaired) electrons. The van der Waals surface area contributed by atoms with Gasteiger partial charge >= 0.3 is 0 Å². The summed E-state index contributed by atoms with van der Waals surface area (Å²) in [6.07, 6.45) is 3.27. The fraction of sp³-hybridized carbons (Fsp3) is 0.400. The van der Waals surface area contributed by atoms with Crippen LogP contribution in [0.15, 0.2) is 12.1 Å². The van der Waals surface area contributed by atoms with Crippen LogP contribution in [-0.4, -0.2) is 24.4 Å². The quantitative estimate of drug-likeness (QED) is 0.734. The second kappa shape index (κ2) is 3.65. The monoisotopic (exact) mass is 192 g/mol. The van der Waals surface area contributed by atoms with Gasteiger partial charge in [-0.25, -0.2) is 4.98 Å². The maximum absolute atomic E-state index is 10.6. The average Bonchev–Trinajstić information content (AvgIpc) is 3.01. The number of hydrogen-bond acceptors (Lipinski definition) is 4. The third-order valence-electron chi connectivity index (χ3n) is 2.02. The Morgan fingerprint density at radius 3 is 2.93 bits per heavy atom. The summed E-state index contributed by atoms with van der Waals surface area (Å²) in [4.78, 5) is 14.6. The normalized spacial score (nSPS) is 14.9. The number of ether oxygens (including phenoxy) is 1. The van der Waals surface area contributed by atoms with E-state index < -0.39 is 0 Å². The fourth-order valence-corrected chi connectivity index (χ4v) is 1.16. The van der Waals surface area contributed by atoms with Crippen LogP contribution in [0.5, 0.6) is 5.75 Å². The van der Waals surface area contributed by atoms with Crippen LogP contribution >= 0.6 is 0 Å². The highest BCUT2D eigenvalue weighted by Crippen LogP contribution is 2.27. The number of aromatic nitrogens is 1. The van der Waals surface area contributed by atoms with Gasteiger partial charge in [-0.05, 0) is 12.8 Å². The highest BCUT2D eigenvalue weighted by Gasteiger charge is 2.23. The second-order valence-corrected chi connectivity index (χ2v) is 3.30. The smallest absolute Gasteiger partial charge is 0.168 e. The lowest BCUT2D eigenvalue weighted by Gasteiger charge is -2.06. The molecule has 0 aliphatic heterocycles. The van der Waals surface area contributed by atoms with Crippen LogP contribution in [0.25, 0.3) is 0 Å². The van der Waals surface area contributed by atoms with Gasteiger partial charge in [0.25, 0.3) is 0 Å². The van der Waals surface area contributed by atoms with E-state index in [0.717, 1.165) is 19.1 Å². The summed E-state index contributed by atoms with van der Waals surface area (Å²) in [5, 5.41) is 2.89. The van der Waals surface area contributed by atoms with Crippen LogP contribution in [0.3, 0.4) is 0 Å². The van der Waals surface area contributed by atoms with Crippen molar-refractivity contribution in [3.05, 3.63) is 17.8 Å². The molecule has 0 saturated heterocycles. The van der Waals surface area contributed by atoms with Crippen molar-refractivity contribution in [1.29, 1.82) is 0 Å². The van der Waals surface area contributed by atoms with Gasteiger partial charge < -0.3 is 10.1 Å². The van der Waals surface area contributed by atoms with Crippen LogP contribution < -0.4 is 10.1 Å². The molecule has 1 heterocycles. The van der Waals surface area contributed by atoms with Crippen LogP contribution in [-0.2, 0) is 0 Å². The SMILES string of the molecule is CNc1cc(OC2CC2)cc(C=O)n1. The minimum Gasteiger partial charge on any atom is -0.490 e. The van der Waals surface area contributed by atoms with Crippen molar-refractivity contribution in [2.75, 3.05) is 12.4 Å². The van der Waals surface area contributed by atoms with Gasteiger partial charge in [0.1, 0.15) is 17.3 Å². The molecule has 1 aromatic rings. The van der Waals surface area contributed by atoms with Gasteiger partial charge in [-0.15, -0.1) is 0 Å². The maximum Gasteiger partial charge on any atom is 0.168 e. The summed E-state index contributed by atoms with van der Waals surface area (Å²) in [5.41, 5.74) is 0.396. The summed E-state index contributed by atoms with van der Waals surface area (Å²) in [7, 11) is 1.76. The molecule has 1 aliphatic carbocycles. The Kier molecular flexibility index (Phi) is 2.35. The van der Waals surface area contributed by atoms with E-state index >= 15 is 0 Å². The summed E-state index contributed by atoms with van der Waals surface area (Å²) >= 11 is 0. The van der Waals surface area contributed by atoms with Crippen LogP contribution in [0.4, 0.5) is 5.82 Å². The Balaban J connectivity index is 2.23. The largest absolute Gasteiger partial charge is 0.490 e. The van der Waals surface area contributed by atoms with Crippen molar-refractivity contribution in [3.63, 3.8) is 0 Å². The summed E-state index contributed by atoms with van der Waals surface area (Å²) in [5.74, 6) is 1.37. The van der Waals surface area contributed by atoms with Gasteiger partial charge in [-0.1, -0.05) is 0 Å². The van der Waals surface area contributed by atoms with E-state index in [2.05, 4.69) is 10.3 Å². The minimum absolute atomic E-state index is 0.335. The minimum atomic E-state index is 0.335. The van der Waals surface area contributed by atoms with E-state index in [1.54, 1.807) is 19.2 Å². The first-order valence-electron chi connectivity index (χ1n) is 4.63. The first-order chi connectivity index (χ1) is 6.81. The zero-order valence-corrected chi connectivity index (χ0v) is 7.99. The maximum atomic E-state index is 10.6. The summed E-state index contributed by atoms with van der Waals surface area (Å²) in [6.45, 7) is 0. The number of rotatable bonds is 4. The number of hydrogen-bond donors (Lipinski definition) is 1. The van der Waals surface area contributed by atoms with E-state index in [4.69, 9.17) is 4.74 Å². The summed E-state index contributed by atoms with van der Waals surface area (Å²) in [6, 6.07) is 3.46. The average molecular weight is 192 g/mol. The number of anilines is 1. The highest BCUT2D eigenvalue weighted by atomic mass is 16.5. The van der Waals surface area contributed by atoms with Gasteiger partial charge in [0.2, 0.25) is 0 Å². The molecule has 2 rings (SSSR count). The number of carbonyl (C=O) groups excluding carboxylic acids is 1. The molecule has 4 heteroatoms. The molecule has 1 N–H and O–H groups in total. The lowest BCUT2D eigenvalue weighted by Crippen LogP contribution is -2.01. The molecule has 0 aromatic carbocycles. The molecule has 4 nitrogen and oxygen atoms in total. The van der Waals surface area contributed by atoms with Crippen molar-refractivity contribution in [2.24, 2.45) is 0 Å². The molecule has 1 aromatic heterocycles. The zero-order chi connectivity index (χ0) is 9.97. The topological polar surface area (TPSA) is 51.2 Å². The molecule has 0 atom stereocenters. The Hall–Kier alpha value is -1.58. The summed E-state index contributed by atoms with van der Waals surface area (Å²) < 4.78 is 5.57. The standard InChI is InChI=1S/C10H12N2O2/c1-11-10-5-9(14-8-2-3-8)4-7(6-13)12-10/h4-6,8H,2-3H2,1H3,(H,11,12). The molecule has 74 valence electrons. The van der Waals surface area contributed by atoms with Gasteiger partial charge in [-0.2, -0.15) is 0 Å². The van der Waals surface area contributed by atoms with Gasteiger partial charge in [0, 0.05) is 19.2 Å². The van der Waals surface area contributed by atoms with E-state index in [1.165, 1.54) is 0 Å². The van der Waals surface area contributed by atoms with Crippen LogP contribution in [0.2, 0.25) is 0 Å². The molecule has 0 unspecified atom stereocenters. The fourth-order valence-electron chi connectivity index (χ4n) is 1.16. The predicted octanol–water partition coefficient (Wildman–Crippen LogP) is 1.48. The number of nitrogens with one attached hydrogen (secondary N) is 1. The molecular formula is C10H12N2O2. The Morgan fingerprint density at radius 2 is 2.36 bits per heavy atom. The molecule has 1 fully saturated rings. The van der Waals surface area contributed by atoms with Crippen LogP contribution in [0, 0.1) is 0 Å².